The summed E-state index contributed by atoms with van der Waals surface area (Å²) in [5.41, 5.74) is 13.5. The molecule has 2 rings (SSSR count). The first-order valence-corrected chi connectivity index (χ1v) is 7.22. The summed E-state index contributed by atoms with van der Waals surface area (Å²) in [4.78, 5) is 0. The summed E-state index contributed by atoms with van der Waals surface area (Å²) < 4.78 is 2.10. The molecular weight excluding hydrogens is 246 g/mol. The molecule has 1 heterocycles. The summed E-state index contributed by atoms with van der Waals surface area (Å²) in [6.07, 6.45) is 0.893. The smallest absolute Gasteiger partial charge is 0.0662 e. The van der Waals surface area contributed by atoms with Gasteiger partial charge in [-0.1, -0.05) is 29.3 Å². The summed E-state index contributed by atoms with van der Waals surface area (Å²) in [5.74, 6) is 0. The highest BCUT2D eigenvalue weighted by molar-refractivity contribution is 5.30. The Hall–Kier alpha value is -1.61. The molecule has 1 aromatic carbocycles. The van der Waals surface area contributed by atoms with Crippen molar-refractivity contribution in [3.8, 4) is 0 Å². The molecule has 0 amide bonds. The Bertz CT molecular complexity index is 589. The molecular formula is C17H25N3. The number of hydrogen-bond acceptors (Lipinski definition) is 2. The van der Waals surface area contributed by atoms with Gasteiger partial charge in [-0.25, -0.2) is 0 Å². The summed E-state index contributed by atoms with van der Waals surface area (Å²) in [6, 6.07) is 6.83. The lowest BCUT2D eigenvalue weighted by Gasteiger charge is -2.09. The van der Waals surface area contributed by atoms with Crippen LogP contribution in [0.4, 0.5) is 0 Å². The first kappa shape index (κ1) is 14.8. The predicted octanol–water partition coefficient (Wildman–Crippen LogP) is 3.05. The number of rotatable bonds is 4. The maximum absolute atomic E-state index is 5.93. The Labute approximate surface area is 121 Å². The normalized spacial score (nSPS) is 12.7. The third-order valence-electron chi connectivity index (χ3n) is 3.67. The highest BCUT2D eigenvalue weighted by atomic mass is 15.3. The molecule has 0 fully saturated rings. The molecule has 1 unspecified atom stereocenters. The molecule has 20 heavy (non-hydrogen) atoms. The Kier molecular flexibility index (Phi) is 4.29. The molecule has 2 N–H and O–H groups in total. The molecule has 0 aliphatic heterocycles. The van der Waals surface area contributed by atoms with Crippen LogP contribution in [-0.4, -0.2) is 15.8 Å². The SMILES string of the molecule is Cc1cc(C)cc(Cn2nc(C)c(CC(C)N)c2C)c1. The van der Waals surface area contributed by atoms with E-state index in [0.717, 1.165) is 18.7 Å². The van der Waals surface area contributed by atoms with Crippen LogP contribution in [0.5, 0.6) is 0 Å². The largest absolute Gasteiger partial charge is 0.328 e. The van der Waals surface area contributed by atoms with Gasteiger partial charge in [0.15, 0.2) is 0 Å². The lowest BCUT2D eigenvalue weighted by atomic mass is 10.1. The van der Waals surface area contributed by atoms with Crippen LogP contribution in [0, 0.1) is 27.7 Å². The van der Waals surface area contributed by atoms with Gasteiger partial charge in [-0.15, -0.1) is 0 Å². The molecule has 3 nitrogen and oxygen atoms in total. The van der Waals surface area contributed by atoms with Gasteiger partial charge in [0, 0.05) is 11.7 Å². The quantitative estimate of drug-likeness (QED) is 0.929. The molecule has 0 spiro atoms. The van der Waals surface area contributed by atoms with Crippen molar-refractivity contribution in [3.05, 3.63) is 51.8 Å². The van der Waals surface area contributed by atoms with Gasteiger partial charge in [-0.05, 0) is 52.2 Å². The summed E-state index contributed by atoms with van der Waals surface area (Å²) in [7, 11) is 0. The Balaban J connectivity index is 2.30. The zero-order chi connectivity index (χ0) is 14.9. The van der Waals surface area contributed by atoms with Gasteiger partial charge in [0.2, 0.25) is 0 Å². The second kappa shape index (κ2) is 5.80. The molecule has 0 aliphatic rings. The fourth-order valence-corrected chi connectivity index (χ4v) is 2.84. The summed E-state index contributed by atoms with van der Waals surface area (Å²) in [5, 5.41) is 4.68. The topological polar surface area (TPSA) is 43.8 Å². The van der Waals surface area contributed by atoms with E-state index in [9.17, 15) is 0 Å². The number of nitrogens with zero attached hydrogens (tertiary/aromatic N) is 2. The Morgan fingerprint density at radius 3 is 2.25 bits per heavy atom. The molecule has 0 aliphatic carbocycles. The van der Waals surface area contributed by atoms with Crippen LogP contribution in [0.25, 0.3) is 0 Å². The molecule has 0 bridgehead atoms. The minimum absolute atomic E-state index is 0.172. The molecule has 0 saturated heterocycles. The standard InChI is InChI=1S/C17H25N3/c1-11-6-12(2)8-16(7-11)10-20-15(5)17(9-13(3)18)14(4)19-20/h6-8,13H,9-10,18H2,1-5H3. The summed E-state index contributed by atoms with van der Waals surface area (Å²) in [6.45, 7) is 11.4. The van der Waals surface area contributed by atoms with Crippen molar-refractivity contribution in [3.63, 3.8) is 0 Å². The molecule has 0 radical (unpaired) electrons. The van der Waals surface area contributed by atoms with E-state index in [-0.39, 0.29) is 6.04 Å². The van der Waals surface area contributed by atoms with Crippen molar-refractivity contribution in [2.24, 2.45) is 5.73 Å². The molecule has 2 aromatic rings. The van der Waals surface area contributed by atoms with Gasteiger partial charge >= 0.3 is 0 Å². The first-order valence-electron chi connectivity index (χ1n) is 7.22. The Morgan fingerprint density at radius 1 is 1.10 bits per heavy atom. The monoisotopic (exact) mass is 271 g/mol. The van der Waals surface area contributed by atoms with Crippen LogP contribution in [0.1, 0.15) is 40.6 Å². The van der Waals surface area contributed by atoms with Crippen LogP contribution in [0.2, 0.25) is 0 Å². The fourth-order valence-electron chi connectivity index (χ4n) is 2.84. The molecule has 108 valence electrons. The number of nitrogens with two attached hydrogens (primary N) is 1. The van der Waals surface area contributed by atoms with Crippen LogP contribution < -0.4 is 5.73 Å². The number of hydrogen-bond donors (Lipinski definition) is 1. The van der Waals surface area contributed by atoms with E-state index in [1.165, 1.54) is 27.9 Å². The van der Waals surface area contributed by atoms with E-state index in [1.807, 2.05) is 6.92 Å². The average molecular weight is 271 g/mol. The second-order valence-electron chi connectivity index (χ2n) is 5.98. The average Bonchev–Trinajstić information content (AvgIpc) is 2.55. The van der Waals surface area contributed by atoms with Crippen LogP contribution in [-0.2, 0) is 13.0 Å². The van der Waals surface area contributed by atoms with E-state index in [2.05, 4.69) is 55.7 Å². The Morgan fingerprint density at radius 2 is 1.70 bits per heavy atom. The zero-order valence-electron chi connectivity index (χ0n) is 13.2. The van der Waals surface area contributed by atoms with Crippen molar-refractivity contribution in [1.29, 1.82) is 0 Å². The molecule has 1 aromatic heterocycles. The maximum atomic E-state index is 5.93. The lowest BCUT2D eigenvalue weighted by Crippen LogP contribution is -2.18. The van der Waals surface area contributed by atoms with Crippen molar-refractivity contribution in [2.75, 3.05) is 0 Å². The van der Waals surface area contributed by atoms with Gasteiger partial charge in [-0.3, -0.25) is 4.68 Å². The van der Waals surface area contributed by atoms with Gasteiger partial charge in [-0.2, -0.15) is 5.10 Å². The summed E-state index contributed by atoms with van der Waals surface area (Å²) >= 11 is 0. The van der Waals surface area contributed by atoms with E-state index in [0.29, 0.717) is 0 Å². The number of benzene rings is 1. The third kappa shape index (κ3) is 3.28. The zero-order valence-corrected chi connectivity index (χ0v) is 13.2. The highest BCUT2D eigenvalue weighted by Gasteiger charge is 2.13. The lowest BCUT2D eigenvalue weighted by molar-refractivity contribution is 0.655. The van der Waals surface area contributed by atoms with E-state index < -0.39 is 0 Å². The molecule has 0 saturated carbocycles. The van der Waals surface area contributed by atoms with Crippen LogP contribution >= 0.6 is 0 Å². The maximum Gasteiger partial charge on any atom is 0.0662 e. The van der Waals surface area contributed by atoms with Crippen molar-refractivity contribution in [1.82, 2.24) is 9.78 Å². The van der Waals surface area contributed by atoms with Gasteiger partial charge < -0.3 is 5.73 Å². The minimum atomic E-state index is 0.172. The highest BCUT2D eigenvalue weighted by Crippen LogP contribution is 2.17. The van der Waals surface area contributed by atoms with Gasteiger partial charge in [0.05, 0.1) is 12.2 Å². The third-order valence-corrected chi connectivity index (χ3v) is 3.67. The molecule has 1 atom stereocenters. The van der Waals surface area contributed by atoms with Crippen molar-refractivity contribution < 1.29 is 0 Å². The van der Waals surface area contributed by atoms with Gasteiger partial charge in [0.1, 0.15) is 0 Å². The van der Waals surface area contributed by atoms with E-state index >= 15 is 0 Å². The van der Waals surface area contributed by atoms with Crippen molar-refractivity contribution >= 4 is 0 Å². The first-order chi connectivity index (χ1) is 9.36. The molecule has 3 heteroatoms. The van der Waals surface area contributed by atoms with Crippen LogP contribution in [0.15, 0.2) is 18.2 Å². The van der Waals surface area contributed by atoms with Crippen molar-refractivity contribution in [2.45, 2.75) is 53.6 Å². The number of aromatic nitrogens is 2. The fraction of sp³-hybridized carbons (Fsp3) is 0.471. The second-order valence-corrected chi connectivity index (χ2v) is 5.98. The minimum Gasteiger partial charge on any atom is -0.328 e. The van der Waals surface area contributed by atoms with Crippen LogP contribution in [0.3, 0.4) is 0 Å². The predicted molar refractivity (Wildman–Crippen MR) is 84.1 cm³/mol. The van der Waals surface area contributed by atoms with E-state index in [4.69, 9.17) is 5.73 Å². The number of aryl methyl sites for hydroxylation is 3. The van der Waals surface area contributed by atoms with Gasteiger partial charge in [0.25, 0.3) is 0 Å². The van der Waals surface area contributed by atoms with E-state index in [1.54, 1.807) is 0 Å².